The van der Waals surface area contributed by atoms with Crippen LogP contribution in [0.1, 0.15) is 213 Å². The summed E-state index contributed by atoms with van der Waals surface area (Å²) in [6.07, 6.45) is 45.2. The average Bonchev–Trinajstić information content (AvgIpc) is 3.13. The summed E-state index contributed by atoms with van der Waals surface area (Å²) in [4.78, 5) is 25.3. The molecule has 0 aliphatic heterocycles. The van der Waals surface area contributed by atoms with Gasteiger partial charge in [-0.15, -0.1) is 0 Å². The maximum Gasteiger partial charge on any atom is 0.268 e. The van der Waals surface area contributed by atoms with Gasteiger partial charge in [-0.05, 0) is 32.1 Å². The Morgan fingerprint density at radius 3 is 1.47 bits per heavy atom. The Labute approximate surface area is 341 Å². The van der Waals surface area contributed by atoms with Gasteiger partial charge in [-0.1, -0.05) is 199 Å². The Balaban J connectivity index is 4.25. The topological polar surface area (TPSA) is 108 Å². The number of nitrogens with zero attached hydrogens (tertiary/aromatic N) is 1. The van der Waals surface area contributed by atoms with E-state index in [4.69, 9.17) is 9.05 Å². The minimum atomic E-state index is -4.59. The molecule has 8 nitrogen and oxygen atoms in total. The van der Waals surface area contributed by atoms with E-state index < -0.39 is 20.0 Å². The second-order valence-corrected chi connectivity index (χ2v) is 18.5. The lowest BCUT2D eigenvalue weighted by atomic mass is 10.0. The van der Waals surface area contributed by atoms with E-state index >= 15 is 0 Å². The number of nitrogens with one attached hydrogen (secondary N) is 1. The largest absolute Gasteiger partial charge is 0.756 e. The molecule has 3 atom stereocenters. The summed E-state index contributed by atoms with van der Waals surface area (Å²) in [5.74, 6) is -0.206. The van der Waals surface area contributed by atoms with Crippen LogP contribution in [0.4, 0.5) is 0 Å². The number of aliphatic hydroxyl groups is 1. The lowest BCUT2D eigenvalue weighted by molar-refractivity contribution is -0.870. The Hall–Kier alpha value is -1.02. The van der Waals surface area contributed by atoms with Crippen molar-refractivity contribution in [2.24, 2.45) is 0 Å². The first-order valence-electron chi connectivity index (χ1n) is 23.2. The molecule has 0 spiro atoms. The molecule has 0 aromatic heterocycles. The van der Waals surface area contributed by atoms with Crippen molar-refractivity contribution in [3.8, 4) is 0 Å². The lowest BCUT2D eigenvalue weighted by Crippen LogP contribution is -2.45. The monoisotopic (exact) mass is 799 g/mol. The Morgan fingerprint density at radius 2 is 1.02 bits per heavy atom. The van der Waals surface area contributed by atoms with E-state index in [0.717, 1.165) is 38.5 Å². The molecule has 2 N–H and O–H groups in total. The maximum absolute atomic E-state index is 12.8. The molecule has 0 aliphatic carbocycles. The third-order valence-electron chi connectivity index (χ3n) is 10.4. The fourth-order valence-electron chi connectivity index (χ4n) is 6.70. The lowest BCUT2D eigenvalue weighted by Gasteiger charge is -2.29. The molecule has 0 aromatic carbocycles. The smallest absolute Gasteiger partial charge is 0.268 e. The van der Waals surface area contributed by atoms with Gasteiger partial charge in [0.15, 0.2) is 0 Å². The molecule has 0 heterocycles. The molecule has 0 saturated heterocycles. The van der Waals surface area contributed by atoms with E-state index in [2.05, 4.69) is 31.3 Å². The molecule has 0 radical (unpaired) electrons. The summed E-state index contributed by atoms with van der Waals surface area (Å²) >= 11 is 0. The Bertz CT molecular complexity index is 953. The van der Waals surface area contributed by atoms with Crippen LogP contribution in [0.15, 0.2) is 24.3 Å². The highest BCUT2D eigenvalue weighted by Gasteiger charge is 2.23. The molecule has 0 rings (SSSR count). The maximum atomic E-state index is 12.8. The van der Waals surface area contributed by atoms with Crippen LogP contribution in [0.3, 0.4) is 0 Å². The number of quaternary nitrogens is 1. The van der Waals surface area contributed by atoms with Gasteiger partial charge in [0.2, 0.25) is 5.91 Å². The van der Waals surface area contributed by atoms with Gasteiger partial charge >= 0.3 is 0 Å². The zero-order valence-corrected chi connectivity index (χ0v) is 37.8. The van der Waals surface area contributed by atoms with Crippen LogP contribution >= 0.6 is 7.82 Å². The van der Waals surface area contributed by atoms with Crippen molar-refractivity contribution < 1.29 is 32.9 Å². The zero-order valence-electron chi connectivity index (χ0n) is 36.9. The number of phosphoric acid groups is 1. The predicted molar refractivity (Wildman–Crippen MR) is 233 cm³/mol. The molecular weight excluding hydrogens is 707 g/mol. The van der Waals surface area contributed by atoms with Gasteiger partial charge in [0.05, 0.1) is 39.9 Å². The molecule has 0 saturated carbocycles. The molecule has 1 amide bonds. The number of allylic oxidation sites excluding steroid dienone is 3. The minimum absolute atomic E-state index is 0.00444. The normalized spacial score (nSPS) is 14.5. The van der Waals surface area contributed by atoms with E-state index in [1.54, 1.807) is 6.08 Å². The van der Waals surface area contributed by atoms with Crippen molar-refractivity contribution in [3.63, 3.8) is 0 Å². The number of carbonyl (C=O) groups excluding carboxylic acids is 1. The summed E-state index contributed by atoms with van der Waals surface area (Å²) in [6, 6.07) is -0.897. The zero-order chi connectivity index (χ0) is 40.7. The minimum Gasteiger partial charge on any atom is -0.756 e. The summed E-state index contributed by atoms with van der Waals surface area (Å²) in [6.45, 7) is 4.61. The molecule has 55 heavy (non-hydrogen) atoms. The van der Waals surface area contributed by atoms with Crippen LogP contribution in [0.2, 0.25) is 0 Å². The first-order chi connectivity index (χ1) is 26.5. The quantitative estimate of drug-likeness (QED) is 0.0276. The van der Waals surface area contributed by atoms with Crippen LogP contribution in [0, 0.1) is 0 Å². The fraction of sp³-hybridized carbons (Fsp3) is 0.891. The van der Waals surface area contributed by atoms with Crippen molar-refractivity contribution >= 4 is 13.7 Å². The Kier molecular flexibility index (Phi) is 37.8. The number of hydrogen-bond acceptors (Lipinski definition) is 6. The second-order valence-electron chi connectivity index (χ2n) is 17.1. The molecule has 0 fully saturated rings. The van der Waals surface area contributed by atoms with Gasteiger partial charge in [0.1, 0.15) is 13.2 Å². The van der Waals surface area contributed by atoms with Gasteiger partial charge in [-0.2, -0.15) is 0 Å². The van der Waals surface area contributed by atoms with E-state index in [0.29, 0.717) is 17.4 Å². The molecular formula is C46H91N2O6P. The first-order valence-corrected chi connectivity index (χ1v) is 24.7. The van der Waals surface area contributed by atoms with E-state index in [-0.39, 0.29) is 19.1 Å². The van der Waals surface area contributed by atoms with Crippen molar-refractivity contribution in [2.75, 3.05) is 40.9 Å². The molecule has 0 aliphatic rings. The number of amides is 1. The highest BCUT2D eigenvalue weighted by atomic mass is 31.2. The number of unbranched alkanes of at least 4 members (excludes halogenated alkanes) is 27. The summed E-state index contributed by atoms with van der Waals surface area (Å²) in [5.41, 5.74) is 0. The van der Waals surface area contributed by atoms with Gasteiger partial charge < -0.3 is 28.8 Å². The standard InChI is InChI=1S/C46H91N2O6P/c1-6-8-10-12-14-16-18-19-20-21-22-23-24-25-26-27-28-30-32-34-36-38-40-46(50)47-44(43-54-55(51,52)53-42-41-48(3,4)5)45(49)39-37-35-33-31-29-17-15-13-11-9-7-2/h29,31,37,39,44-45,49H,6-28,30,32-36,38,40-43H2,1-5H3,(H-,47,50,51,52)/b31-29+,39-37+. The van der Waals surface area contributed by atoms with Crippen LogP contribution in [0.25, 0.3) is 0 Å². The van der Waals surface area contributed by atoms with E-state index in [1.165, 1.54) is 154 Å². The molecule has 3 unspecified atom stereocenters. The van der Waals surface area contributed by atoms with Crippen LogP contribution in [-0.4, -0.2) is 68.5 Å². The predicted octanol–water partition coefficient (Wildman–Crippen LogP) is 12.3. The Morgan fingerprint density at radius 1 is 0.618 bits per heavy atom. The first kappa shape index (κ1) is 54.0. The molecule has 0 bridgehead atoms. The van der Waals surface area contributed by atoms with Crippen molar-refractivity contribution in [2.45, 2.75) is 225 Å². The summed E-state index contributed by atoms with van der Waals surface area (Å²) in [5, 5.41) is 13.7. The number of rotatable bonds is 42. The SMILES string of the molecule is CCCCCCC/C=C/CC/C=C/C(O)C(COP(=O)([O-])OCC[N+](C)(C)C)NC(=O)CCCCCCCCCCCCCCCCCCCCCCCC. The summed E-state index contributed by atoms with van der Waals surface area (Å²) < 4.78 is 23.1. The summed E-state index contributed by atoms with van der Waals surface area (Å²) in [7, 11) is 1.25. The second kappa shape index (κ2) is 38.5. The third kappa shape index (κ3) is 41.0. The van der Waals surface area contributed by atoms with Crippen LogP contribution in [0.5, 0.6) is 0 Å². The van der Waals surface area contributed by atoms with Gasteiger partial charge in [-0.25, -0.2) is 0 Å². The number of hydrogen-bond donors (Lipinski definition) is 2. The number of likely N-dealkylation sites (N-methyl/N-ethyl adjacent to an activating group) is 1. The molecule has 326 valence electrons. The molecule has 9 heteroatoms. The van der Waals surface area contributed by atoms with Gasteiger partial charge in [0, 0.05) is 6.42 Å². The van der Waals surface area contributed by atoms with Gasteiger partial charge in [0.25, 0.3) is 7.82 Å². The highest BCUT2D eigenvalue weighted by Crippen LogP contribution is 2.38. The van der Waals surface area contributed by atoms with Crippen LogP contribution < -0.4 is 10.2 Å². The van der Waals surface area contributed by atoms with Crippen molar-refractivity contribution in [1.82, 2.24) is 5.32 Å². The fourth-order valence-corrected chi connectivity index (χ4v) is 7.42. The third-order valence-corrected chi connectivity index (χ3v) is 11.4. The number of aliphatic hydroxyl groups excluding tert-OH is 1. The van der Waals surface area contributed by atoms with Crippen molar-refractivity contribution in [1.29, 1.82) is 0 Å². The number of phosphoric ester groups is 1. The highest BCUT2D eigenvalue weighted by molar-refractivity contribution is 7.45. The van der Waals surface area contributed by atoms with E-state index in [1.807, 2.05) is 27.2 Å². The van der Waals surface area contributed by atoms with Crippen molar-refractivity contribution in [3.05, 3.63) is 24.3 Å². The van der Waals surface area contributed by atoms with E-state index in [9.17, 15) is 19.4 Å². The average molecular weight is 799 g/mol. The molecule has 0 aromatic rings. The van der Waals surface area contributed by atoms with Gasteiger partial charge in [-0.3, -0.25) is 9.36 Å². The number of carbonyl (C=O) groups is 1. The van der Waals surface area contributed by atoms with Crippen LogP contribution in [-0.2, 0) is 18.4 Å².